The molecule has 3 atom stereocenters. The SMILES string of the molecule is CCCCC/C=C\C/C=C\C/C=C\C/C=C\CCCCCCCCCCCC(=O)OC(/C=C\CCCCCCCCCCCC)C(COP(=O)([O-])OCC[N+](C)(C)C)NC(=O)CCCCCCCCC/C=C\C/C=C\CCCCC. The number of hydrogen-bond donors (Lipinski definition) is 1. The molecule has 0 aromatic carbocycles. The van der Waals surface area contributed by atoms with Crippen LogP contribution in [0.25, 0.3) is 0 Å². The van der Waals surface area contributed by atoms with Crippen LogP contribution < -0.4 is 10.2 Å². The van der Waals surface area contributed by atoms with E-state index >= 15 is 0 Å². The van der Waals surface area contributed by atoms with Crippen molar-refractivity contribution in [1.29, 1.82) is 0 Å². The zero-order valence-electron chi connectivity index (χ0n) is 53.0. The topological polar surface area (TPSA) is 114 Å². The molecule has 0 aliphatic heterocycles. The number of carbonyl (C=O) groups is 2. The number of phosphoric ester groups is 1. The number of unbranched alkanes of at least 4 members (excludes halogenated alkanes) is 32. The lowest BCUT2D eigenvalue weighted by Gasteiger charge is -2.30. The zero-order valence-corrected chi connectivity index (χ0v) is 53.9. The first-order valence-corrected chi connectivity index (χ1v) is 34.9. The molecule has 1 N–H and O–H groups in total. The van der Waals surface area contributed by atoms with Crippen LogP contribution in [0.4, 0.5) is 0 Å². The molecule has 0 aromatic heterocycles. The fraction of sp³-hybridized carbons (Fsp3) is 0.771. The third-order valence-electron chi connectivity index (χ3n) is 14.5. The quantitative estimate of drug-likeness (QED) is 0.0212. The first kappa shape index (κ1) is 77.2. The minimum Gasteiger partial charge on any atom is -0.756 e. The van der Waals surface area contributed by atoms with E-state index in [0.29, 0.717) is 17.4 Å². The second kappa shape index (κ2) is 59.4. The van der Waals surface area contributed by atoms with Gasteiger partial charge in [-0.05, 0) is 109 Å². The normalized spacial score (nSPS) is 14.1. The smallest absolute Gasteiger partial charge is 0.306 e. The molecule has 0 aromatic rings. The summed E-state index contributed by atoms with van der Waals surface area (Å²) in [6.45, 7) is 6.79. The summed E-state index contributed by atoms with van der Waals surface area (Å²) in [5, 5.41) is 3.03. The molecule has 0 aliphatic rings. The van der Waals surface area contributed by atoms with Gasteiger partial charge in [-0.2, -0.15) is 0 Å². The molecule has 3 unspecified atom stereocenters. The molecule has 0 spiro atoms. The van der Waals surface area contributed by atoms with Crippen molar-refractivity contribution in [3.05, 3.63) is 85.1 Å². The Labute approximate surface area is 495 Å². The highest BCUT2D eigenvalue weighted by molar-refractivity contribution is 7.45. The average Bonchev–Trinajstić information content (AvgIpc) is 3.42. The van der Waals surface area contributed by atoms with Gasteiger partial charge < -0.3 is 28.5 Å². The maximum absolute atomic E-state index is 13.6. The van der Waals surface area contributed by atoms with Crippen LogP contribution in [0, 0.1) is 0 Å². The van der Waals surface area contributed by atoms with Crippen molar-refractivity contribution < 1.29 is 37.3 Å². The monoisotopic (exact) mass is 1140 g/mol. The Bertz CT molecular complexity index is 1640. The van der Waals surface area contributed by atoms with Gasteiger partial charge in [0.15, 0.2) is 0 Å². The number of hydrogen-bond acceptors (Lipinski definition) is 7. The van der Waals surface area contributed by atoms with Gasteiger partial charge in [-0.25, -0.2) is 0 Å². The van der Waals surface area contributed by atoms with Crippen LogP contribution in [0.5, 0.6) is 0 Å². The number of esters is 1. The number of carbonyl (C=O) groups excluding carboxylic acids is 2. The van der Waals surface area contributed by atoms with E-state index in [1.807, 2.05) is 33.3 Å². The summed E-state index contributed by atoms with van der Waals surface area (Å²) < 4.78 is 30.4. The molecule has 0 radical (unpaired) electrons. The summed E-state index contributed by atoms with van der Waals surface area (Å²) in [7, 11) is 1.17. The van der Waals surface area contributed by atoms with Gasteiger partial charge in [-0.3, -0.25) is 14.2 Å². The second-order valence-electron chi connectivity index (χ2n) is 23.6. The molecule has 0 heterocycles. The second-order valence-corrected chi connectivity index (χ2v) is 25.0. The molecule has 1 amide bonds. The lowest BCUT2D eigenvalue weighted by atomic mass is 10.0. The summed E-state index contributed by atoms with van der Waals surface area (Å²) in [4.78, 5) is 40.1. The number of rotatable bonds is 60. The van der Waals surface area contributed by atoms with E-state index in [-0.39, 0.29) is 24.9 Å². The Morgan fingerprint density at radius 3 is 1.16 bits per heavy atom. The molecule has 0 rings (SSSR count). The van der Waals surface area contributed by atoms with E-state index in [1.54, 1.807) is 0 Å². The van der Waals surface area contributed by atoms with E-state index < -0.39 is 26.6 Å². The number of quaternary nitrogens is 1. The first-order chi connectivity index (χ1) is 38.9. The summed E-state index contributed by atoms with van der Waals surface area (Å²) in [6.07, 6.45) is 78.3. The molecular formula is C70H127N2O7P. The molecule has 0 saturated carbocycles. The van der Waals surface area contributed by atoms with E-state index in [0.717, 1.165) is 109 Å². The Balaban J connectivity index is 5.16. The van der Waals surface area contributed by atoms with Crippen molar-refractivity contribution in [3.63, 3.8) is 0 Å². The van der Waals surface area contributed by atoms with E-state index in [1.165, 1.54) is 154 Å². The predicted molar refractivity (Wildman–Crippen MR) is 344 cm³/mol. The van der Waals surface area contributed by atoms with Crippen LogP contribution >= 0.6 is 7.82 Å². The van der Waals surface area contributed by atoms with Crippen LogP contribution in [0.1, 0.15) is 297 Å². The minimum absolute atomic E-state index is 0.0278. The predicted octanol–water partition coefficient (Wildman–Crippen LogP) is 20.3. The number of nitrogens with zero attached hydrogens (tertiary/aromatic N) is 1. The van der Waals surface area contributed by atoms with Crippen molar-refractivity contribution in [2.24, 2.45) is 0 Å². The zero-order chi connectivity index (χ0) is 58.6. The fourth-order valence-corrected chi connectivity index (χ4v) is 10.1. The summed E-state index contributed by atoms with van der Waals surface area (Å²) in [5.41, 5.74) is 0. The van der Waals surface area contributed by atoms with Gasteiger partial charge in [-0.15, -0.1) is 0 Å². The van der Waals surface area contributed by atoms with Crippen molar-refractivity contribution in [2.75, 3.05) is 40.9 Å². The van der Waals surface area contributed by atoms with Crippen molar-refractivity contribution in [3.8, 4) is 0 Å². The van der Waals surface area contributed by atoms with Gasteiger partial charge in [0.25, 0.3) is 7.82 Å². The number of phosphoric acid groups is 1. The van der Waals surface area contributed by atoms with Gasteiger partial charge >= 0.3 is 5.97 Å². The molecular weight excluding hydrogens is 1010 g/mol. The number of ether oxygens (including phenoxy) is 1. The van der Waals surface area contributed by atoms with Crippen molar-refractivity contribution in [2.45, 2.75) is 309 Å². The highest BCUT2D eigenvalue weighted by Gasteiger charge is 2.27. The number of nitrogens with one attached hydrogen (secondary N) is 1. The summed E-state index contributed by atoms with van der Waals surface area (Å²) in [5.74, 6) is -0.554. The Hall–Kier alpha value is -2.81. The van der Waals surface area contributed by atoms with Gasteiger partial charge in [0.1, 0.15) is 19.3 Å². The molecule has 9 nitrogen and oxygen atoms in total. The number of likely N-dealkylation sites (N-methyl/N-ethyl adjacent to an activating group) is 1. The highest BCUT2D eigenvalue weighted by atomic mass is 31.2. The Morgan fingerprint density at radius 2 is 0.762 bits per heavy atom. The average molecular weight is 1140 g/mol. The third kappa shape index (κ3) is 59.8. The molecule has 80 heavy (non-hydrogen) atoms. The van der Waals surface area contributed by atoms with Crippen LogP contribution in [0.3, 0.4) is 0 Å². The van der Waals surface area contributed by atoms with E-state index in [4.69, 9.17) is 13.8 Å². The molecule has 0 fully saturated rings. The largest absolute Gasteiger partial charge is 0.756 e. The van der Waals surface area contributed by atoms with Gasteiger partial charge in [-0.1, -0.05) is 260 Å². The lowest BCUT2D eigenvalue weighted by Crippen LogP contribution is -2.47. The third-order valence-corrected chi connectivity index (χ3v) is 15.5. The van der Waals surface area contributed by atoms with Crippen molar-refractivity contribution in [1.82, 2.24) is 5.32 Å². The Kier molecular flexibility index (Phi) is 57.3. The van der Waals surface area contributed by atoms with Crippen LogP contribution in [-0.4, -0.2) is 69.4 Å². The van der Waals surface area contributed by atoms with Gasteiger partial charge in [0.2, 0.25) is 5.91 Å². The van der Waals surface area contributed by atoms with Crippen molar-refractivity contribution >= 4 is 19.7 Å². The number of allylic oxidation sites excluding steroid dienone is 13. The summed E-state index contributed by atoms with van der Waals surface area (Å²) in [6, 6.07) is -0.899. The molecule has 0 saturated heterocycles. The molecule has 0 aliphatic carbocycles. The number of amides is 1. The van der Waals surface area contributed by atoms with Crippen LogP contribution in [-0.2, 0) is 27.9 Å². The van der Waals surface area contributed by atoms with Gasteiger partial charge in [0, 0.05) is 12.8 Å². The summed E-state index contributed by atoms with van der Waals surface area (Å²) >= 11 is 0. The first-order valence-electron chi connectivity index (χ1n) is 33.4. The van der Waals surface area contributed by atoms with Crippen LogP contribution in [0.2, 0.25) is 0 Å². The maximum Gasteiger partial charge on any atom is 0.306 e. The van der Waals surface area contributed by atoms with E-state index in [9.17, 15) is 19.0 Å². The maximum atomic E-state index is 13.6. The molecule has 10 heteroatoms. The van der Waals surface area contributed by atoms with E-state index in [2.05, 4.69) is 99.0 Å². The lowest BCUT2D eigenvalue weighted by molar-refractivity contribution is -0.870. The fourth-order valence-electron chi connectivity index (χ4n) is 9.36. The molecule has 464 valence electrons. The minimum atomic E-state index is -4.71. The Morgan fingerprint density at radius 1 is 0.438 bits per heavy atom. The van der Waals surface area contributed by atoms with Gasteiger partial charge in [0.05, 0.1) is 33.8 Å². The van der Waals surface area contributed by atoms with Crippen LogP contribution in [0.15, 0.2) is 85.1 Å². The molecule has 0 bridgehead atoms. The standard InChI is InChI=1S/C70H127N2O7P/c1-7-10-13-16-19-22-25-28-30-32-33-34-35-36-37-38-39-41-43-45-48-51-54-57-60-63-70(74)79-68(61-58-55-52-49-46-27-24-21-18-15-12-9-3)67(66-78-80(75,76)77-65-64-72(4,5)6)71-69(73)62-59-56-53-50-47-44-42-40-31-29-26-23-20-17-14-11-8-2/h19-20,22-23,28-31,33-34,36-37,58,61,67-68H,7-18,21,24-27,32,35,38-57,59-60,62-66H2,1-6H3,(H-,71,73,75,76)/b22-19-,23-20-,30-28-,31-29-,34-33-,37-36-,61-58-. The highest BCUT2D eigenvalue weighted by Crippen LogP contribution is 2.38.